The van der Waals surface area contributed by atoms with Crippen LogP contribution in [0.5, 0.6) is 0 Å². The number of amides is 2. The van der Waals surface area contributed by atoms with Gasteiger partial charge in [0.2, 0.25) is 5.91 Å². The summed E-state index contributed by atoms with van der Waals surface area (Å²) in [6.07, 6.45) is 2.91. The Kier molecular flexibility index (Phi) is 9.29. The van der Waals surface area contributed by atoms with Crippen molar-refractivity contribution < 1.29 is 19.4 Å². The van der Waals surface area contributed by atoms with Crippen LogP contribution in [0.2, 0.25) is 0 Å². The molecule has 1 aliphatic rings. The Morgan fingerprint density at radius 1 is 0.878 bits per heavy atom. The van der Waals surface area contributed by atoms with Crippen LogP contribution in [-0.4, -0.2) is 48.2 Å². The van der Waals surface area contributed by atoms with E-state index in [0.717, 1.165) is 64.6 Å². The summed E-state index contributed by atoms with van der Waals surface area (Å²) in [5.74, 6) is -0.0442. The maximum atomic E-state index is 12.8. The van der Waals surface area contributed by atoms with Crippen LogP contribution in [0.4, 0.5) is 16.2 Å². The molecule has 3 N–H and O–H groups in total. The third kappa shape index (κ3) is 7.72. The first-order valence-corrected chi connectivity index (χ1v) is 14.2. The van der Waals surface area contributed by atoms with Gasteiger partial charge in [0.05, 0.1) is 12.3 Å². The van der Waals surface area contributed by atoms with Crippen molar-refractivity contribution in [2.75, 3.05) is 30.8 Å². The first kappa shape index (κ1) is 28.3. The Morgan fingerprint density at radius 2 is 1.61 bits per heavy atom. The number of aliphatic hydroxyl groups is 1. The highest BCUT2D eigenvalue weighted by Crippen LogP contribution is 2.30. The number of carbonyl (C=O) groups is 2. The van der Waals surface area contributed by atoms with Gasteiger partial charge in [-0.2, -0.15) is 0 Å². The van der Waals surface area contributed by atoms with E-state index in [2.05, 4.69) is 28.6 Å². The summed E-state index contributed by atoms with van der Waals surface area (Å²) < 4.78 is 5.74. The highest BCUT2D eigenvalue weighted by Gasteiger charge is 2.21. The Bertz CT molecular complexity index is 1500. The van der Waals surface area contributed by atoms with Crippen molar-refractivity contribution in [3.63, 3.8) is 0 Å². The van der Waals surface area contributed by atoms with E-state index in [-0.39, 0.29) is 18.6 Å². The molecule has 2 amide bonds. The lowest BCUT2D eigenvalue weighted by atomic mass is 9.99. The van der Waals surface area contributed by atoms with Gasteiger partial charge in [-0.05, 0) is 84.5 Å². The number of nitrogens with zero attached hydrogens (tertiary/aromatic N) is 1. The lowest BCUT2D eigenvalue weighted by molar-refractivity contribution is -0.116. The minimum absolute atomic E-state index is 0.00349. The fourth-order valence-electron chi connectivity index (χ4n) is 5.26. The normalized spacial score (nSPS) is 14.1. The third-order valence-electron chi connectivity index (χ3n) is 7.59. The molecule has 7 heteroatoms. The fourth-order valence-corrected chi connectivity index (χ4v) is 5.26. The summed E-state index contributed by atoms with van der Waals surface area (Å²) >= 11 is 0. The lowest BCUT2D eigenvalue weighted by Gasteiger charge is -2.28. The summed E-state index contributed by atoms with van der Waals surface area (Å²) in [5.41, 5.74) is 5.29. The van der Waals surface area contributed by atoms with E-state index in [1.807, 2.05) is 78.9 Å². The second-order valence-corrected chi connectivity index (χ2v) is 10.7. The minimum atomic E-state index is -0.434. The Morgan fingerprint density at radius 3 is 2.39 bits per heavy atom. The summed E-state index contributed by atoms with van der Waals surface area (Å²) in [6, 6.07) is 27.6. The van der Waals surface area contributed by atoms with Gasteiger partial charge in [0.1, 0.15) is 6.10 Å². The SMILES string of the molecule is CN1CCC(OC(=O)Nc2cc(CCCC(=O)Nc3ccc4cc(CO)ccc4c3)ccc2-c2ccccc2)CC1. The summed E-state index contributed by atoms with van der Waals surface area (Å²) in [5, 5.41) is 17.4. The number of aryl methyl sites for hydroxylation is 1. The molecule has 7 nitrogen and oxygen atoms in total. The molecule has 5 rings (SSSR count). The fraction of sp³-hybridized carbons (Fsp3) is 0.294. The maximum Gasteiger partial charge on any atom is 0.411 e. The monoisotopic (exact) mass is 551 g/mol. The van der Waals surface area contributed by atoms with Crippen LogP contribution < -0.4 is 10.6 Å². The predicted molar refractivity (Wildman–Crippen MR) is 164 cm³/mol. The van der Waals surface area contributed by atoms with Crippen LogP contribution in [0.3, 0.4) is 0 Å². The summed E-state index contributed by atoms with van der Waals surface area (Å²) in [7, 11) is 2.08. The number of anilines is 2. The number of carbonyl (C=O) groups excluding carboxylic acids is 2. The number of likely N-dealkylation sites (tertiary alicyclic amines) is 1. The standard InChI is InChI=1S/C34H37N3O4/c1-37-18-16-30(17-19-37)41-34(40)36-32-21-24(11-15-31(32)26-7-3-2-4-8-26)6-5-9-33(39)35-29-14-13-27-20-25(23-38)10-12-28(27)22-29/h2-4,7-8,10-15,20-22,30,38H,5-6,9,16-19,23H2,1H3,(H,35,39)(H,36,40). The lowest BCUT2D eigenvalue weighted by Crippen LogP contribution is -2.36. The molecule has 1 aliphatic heterocycles. The molecule has 212 valence electrons. The molecule has 0 saturated carbocycles. The van der Waals surface area contributed by atoms with Gasteiger partial charge in [-0.15, -0.1) is 0 Å². The Labute approximate surface area is 241 Å². The molecular formula is C34H37N3O4. The molecular weight excluding hydrogens is 514 g/mol. The zero-order valence-corrected chi connectivity index (χ0v) is 23.4. The van der Waals surface area contributed by atoms with Gasteiger partial charge in [-0.25, -0.2) is 4.79 Å². The van der Waals surface area contributed by atoms with Gasteiger partial charge in [0, 0.05) is 30.8 Å². The van der Waals surface area contributed by atoms with Gasteiger partial charge in [0.25, 0.3) is 0 Å². The largest absolute Gasteiger partial charge is 0.446 e. The van der Waals surface area contributed by atoms with Gasteiger partial charge in [-0.3, -0.25) is 10.1 Å². The van der Waals surface area contributed by atoms with Crippen molar-refractivity contribution in [2.45, 2.75) is 44.8 Å². The summed E-state index contributed by atoms with van der Waals surface area (Å²) in [4.78, 5) is 27.8. The van der Waals surface area contributed by atoms with Gasteiger partial charge >= 0.3 is 6.09 Å². The number of hydrogen-bond donors (Lipinski definition) is 3. The van der Waals surface area contributed by atoms with E-state index >= 15 is 0 Å². The third-order valence-corrected chi connectivity index (χ3v) is 7.59. The molecule has 0 radical (unpaired) electrons. The molecule has 0 spiro atoms. The van der Waals surface area contributed by atoms with Gasteiger partial charge in [0.15, 0.2) is 0 Å². The average molecular weight is 552 g/mol. The predicted octanol–water partition coefficient (Wildman–Crippen LogP) is 6.60. The maximum absolute atomic E-state index is 12.8. The number of benzene rings is 4. The Balaban J connectivity index is 1.20. The molecule has 0 atom stereocenters. The molecule has 0 aliphatic carbocycles. The number of piperidine rings is 1. The zero-order valence-electron chi connectivity index (χ0n) is 23.4. The minimum Gasteiger partial charge on any atom is -0.446 e. The number of rotatable bonds is 9. The number of ether oxygens (including phenoxy) is 1. The number of nitrogens with one attached hydrogen (secondary N) is 2. The molecule has 0 aromatic heterocycles. The first-order chi connectivity index (χ1) is 20.0. The van der Waals surface area contributed by atoms with Crippen molar-refractivity contribution in [1.29, 1.82) is 0 Å². The van der Waals surface area contributed by atoms with Crippen LogP contribution in [0.25, 0.3) is 21.9 Å². The van der Waals surface area contributed by atoms with Crippen LogP contribution in [0, 0.1) is 0 Å². The van der Waals surface area contributed by atoms with Crippen LogP contribution in [0.1, 0.15) is 36.8 Å². The molecule has 41 heavy (non-hydrogen) atoms. The first-order valence-electron chi connectivity index (χ1n) is 14.2. The van der Waals surface area contributed by atoms with E-state index < -0.39 is 6.09 Å². The van der Waals surface area contributed by atoms with E-state index in [4.69, 9.17) is 4.74 Å². The molecule has 1 saturated heterocycles. The number of hydrogen-bond acceptors (Lipinski definition) is 5. The molecule has 0 bridgehead atoms. The zero-order chi connectivity index (χ0) is 28.6. The van der Waals surface area contributed by atoms with Crippen molar-refractivity contribution >= 4 is 34.1 Å². The van der Waals surface area contributed by atoms with E-state index in [9.17, 15) is 14.7 Å². The van der Waals surface area contributed by atoms with Crippen molar-refractivity contribution in [2.24, 2.45) is 0 Å². The smallest absolute Gasteiger partial charge is 0.411 e. The topological polar surface area (TPSA) is 90.9 Å². The van der Waals surface area contributed by atoms with Crippen molar-refractivity contribution in [3.8, 4) is 11.1 Å². The second-order valence-electron chi connectivity index (χ2n) is 10.7. The molecule has 4 aromatic rings. The van der Waals surface area contributed by atoms with Gasteiger partial charge < -0.3 is 20.1 Å². The van der Waals surface area contributed by atoms with E-state index in [1.165, 1.54) is 0 Å². The Hall–Kier alpha value is -4.20. The van der Waals surface area contributed by atoms with Gasteiger partial charge in [-0.1, -0.05) is 60.7 Å². The van der Waals surface area contributed by atoms with E-state index in [1.54, 1.807) is 0 Å². The average Bonchev–Trinajstić information content (AvgIpc) is 2.98. The van der Waals surface area contributed by atoms with Crippen molar-refractivity contribution in [1.82, 2.24) is 4.90 Å². The van der Waals surface area contributed by atoms with E-state index in [0.29, 0.717) is 24.9 Å². The van der Waals surface area contributed by atoms with Crippen LogP contribution in [-0.2, 0) is 22.6 Å². The highest BCUT2D eigenvalue weighted by molar-refractivity contribution is 5.95. The van der Waals surface area contributed by atoms with Crippen LogP contribution in [0.15, 0.2) is 84.9 Å². The van der Waals surface area contributed by atoms with Crippen molar-refractivity contribution in [3.05, 3.63) is 96.1 Å². The molecule has 1 heterocycles. The molecule has 0 unspecified atom stereocenters. The molecule has 4 aromatic carbocycles. The number of aliphatic hydroxyl groups excluding tert-OH is 1. The quantitative estimate of drug-likeness (QED) is 0.218. The molecule has 1 fully saturated rings. The second kappa shape index (κ2) is 13.4. The highest BCUT2D eigenvalue weighted by atomic mass is 16.6. The van der Waals surface area contributed by atoms with Crippen LogP contribution >= 0.6 is 0 Å². The number of fused-ring (bicyclic) bond motifs is 1. The summed E-state index contributed by atoms with van der Waals surface area (Å²) in [6.45, 7) is 1.84.